The maximum absolute atomic E-state index is 14.5. The van der Waals surface area contributed by atoms with E-state index in [4.69, 9.17) is 5.73 Å². The summed E-state index contributed by atoms with van der Waals surface area (Å²) in [5.41, 5.74) is 8.85. The number of sulfonamides is 1. The molecule has 3 rings (SSSR count). The molecular formula is C24H29FN4O3S. The highest BCUT2D eigenvalue weighted by Gasteiger charge is 2.22. The third kappa shape index (κ3) is 4.71. The Hall–Kier alpha value is -3.01. The number of aromatic nitrogens is 1. The van der Waals surface area contributed by atoms with Gasteiger partial charge in [0, 0.05) is 56.9 Å². The highest BCUT2D eigenvalue weighted by Crippen LogP contribution is 2.37. The predicted octanol–water partition coefficient (Wildman–Crippen LogP) is 3.38. The Kier molecular flexibility index (Phi) is 7.06. The van der Waals surface area contributed by atoms with Crippen LogP contribution >= 0.6 is 0 Å². The number of nitrogens with two attached hydrogens (primary N) is 1. The molecule has 1 heterocycles. The molecule has 1 amide bonds. The first kappa shape index (κ1) is 24.6. The van der Waals surface area contributed by atoms with Crippen LogP contribution in [0.4, 0.5) is 4.39 Å². The van der Waals surface area contributed by atoms with Crippen molar-refractivity contribution in [2.24, 2.45) is 5.73 Å². The summed E-state index contributed by atoms with van der Waals surface area (Å²) < 4.78 is 42.8. The second-order valence-electron chi connectivity index (χ2n) is 8.18. The Morgan fingerprint density at radius 1 is 1.12 bits per heavy atom. The first-order valence-corrected chi connectivity index (χ1v) is 11.8. The van der Waals surface area contributed by atoms with Gasteiger partial charge in [-0.1, -0.05) is 18.2 Å². The molecule has 3 aromatic rings. The van der Waals surface area contributed by atoms with Crippen molar-refractivity contribution in [3.63, 3.8) is 0 Å². The Balaban J connectivity index is 2.30. The van der Waals surface area contributed by atoms with Crippen molar-refractivity contribution < 1.29 is 17.6 Å². The summed E-state index contributed by atoms with van der Waals surface area (Å²) in [6.07, 6.45) is 1.31. The smallest absolute Gasteiger partial charge is 0.253 e. The minimum absolute atomic E-state index is 0.0468. The number of hydrogen-bond donors (Lipinski definition) is 1. The van der Waals surface area contributed by atoms with Crippen LogP contribution < -0.4 is 5.73 Å². The number of benzene rings is 2. The van der Waals surface area contributed by atoms with Crippen LogP contribution in [0.15, 0.2) is 59.3 Å². The second kappa shape index (κ2) is 9.46. The number of fused-ring (bicyclic) bond motifs is 1. The zero-order chi connectivity index (χ0) is 24.5. The van der Waals surface area contributed by atoms with Crippen LogP contribution in [0.25, 0.3) is 22.0 Å². The van der Waals surface area contributed by atoms with E-state index in [1.165, 1.54) is 25.1 Å². The summed E-state index contributed by atoms with van der Waals surface area (Å²) in [5.74, 6) is -0.557. The molecule has 0 aliphatic heterocycles. The van der Waals surface area contributed by atoms with Gasteiger partial charge in [0.25, 0.3) is 5.91 Å². The minimum Gasteiger partial charge on any atom is -0.345 e. The average Bonchev–Trinajstić information content (AvgIpc) is 3.03. The number of carbonyl (C=O) groups is 1. The molecule has 1 aromatic heterocycles. The molecule has 0 aliphatic carbocycles. The quantitative estimate of drug-likeness (QED) is 0.571. The zero-order valence-corrected chi connectivity index (χ0v) is 20.3. The summed E-state index contributed by atoms with van der Waals surface area (Å²) in [6.45, 7) is 1.88. The van der Waals surface area contributed by atoms with E-state index in [2.05, 4.69) is 0 Å². The average molecular weight is 473 g/mol. The van der Waals surface area contributed by atoms with Crippen molar-refractivity contribution in [1.29, 1.82) is 0 Å². The van der Waals surface area contributed by atoms with Gasteiger partial charge in [0.1, 0.15) is 5.83 Å². The number of halogens is 1. The van der Waals surface area contributed by atoms with Crippen molar-refractivity contribution in [1.82, 2.24) is 13.8 Å². The fraction of sp³-hybridized carbons (Fsp3) is 0.292. The fourth-order valence-electron chi connectivity index (χ4n) is 3.80. The van der Waals surface area contributed by atoms with Crippen molar-refractivity contribution in [3.8, 4) is 11.1 Å². The first-order valence-electron chi connectivity index (χ1n) is 10.4. The molecule has 0 aliphatic rings. The van der Waals surface area contributed by atoms with Crippen LogP contribution in [-0.4, -0.2) is 62.8 Å². The first-order chi connectivity index (χ1) is 15.5. The molecule has 0 atom stereocenters. The Morgan fingerprint density at radius 3 is 2.42 bits per heavy atom. The van der Waals surface area contributed by atoms with E-state index >= 15 is 0 Å². The van der Waals surface area contributed by atoms with Gasteiger partial charge in [-0.2, -0.15) is 0 Å². The number of allylic oxidation sites excluding steroid dienone is 1. The van der Waals surface area contributed by atoms with Crippen LogP contribution in [0.5, 0.6) is 0 Å². The van der Waals surface area contributed by atoms with Gasteiger partial charge in [-0.05, 0) is 42.8 Å². The van der Waals surface area contributed by atoms with E-state index in [0.29, 0.717) is 16.6 Å². The maximum atomic E-state index is 14.5. The summed E-state index contributed by atoms with van der Waals surface area (Å²) >= 11 is 0. The van der Waals surface area contributed by atoms with E-state index in [1.54, 1.807) is 49.0 Å². The van der Waals surface area contributed by atoms with Gasteiger partial charge < -0.3 is 15.2 Å². The number of carbonyl (C=O) groups excluding carboxylic acids is 1. The van der Waals surface area contributed by atoms with E-state index in [1.807, 2.05) is 19.1 Å². The SMILES string of the molecule is Cc1c(-c2cccc(S(=O)(=O)N(C)C)c2)c2ccc(C(=O)N(C)C)cc2n1C/C(F)=C/CN. The number of rotatable bonds is 7. The van der Waals surface area contributed by atoms with E-state index in [9.17, 15) is 17.6 Å². The molecule has 2 N–H and O–H groups in total. The van der Waals surface area contributed by atoms with Gasteiger partial charge in [-0.25, -0.2) is 17.1 Å². The number of nitrogens with zero attached hydrogens (tertiary/aromatic N) is 3. The van der Waals surface area contributed by atoms with E-state index in [0.717, 1.165) is 20.9 Å². The van der Waals surface area contributed by atoms with Gasteiger partial charge in [0.05, 0.1) is 17.0 Å². The zero-order valence-electron chi connectivity index (χ0n) is 19.5. The summed E-state index contributed by atoms with van der Waals surface area (Å²) in [4.78, 5) is 14.2. The highest BCUT2D eigenvalue weighted by molar-refractivity contribution is 7.89. The van der Waals surface area contributed by atoms with Gasteiger partial charge in [0.2, 0.25) is 10.0 Å². The molecule has 0 saturated heterocycles. The van der Waals surface area contributed by atoms with Crippen molar-refractivity contribution in [2.75, 3.05) is 34.7 Å². The molecule has 9 heteroatoms. The van der Waals surface area contributed by atoms with Crippen LogP contribution in [0.1, 0.15) is 16.1 Å². The molecule has 7 nitrogen and oxygen atoms in total. The van der Waals surface area contributed by atoms with Gasteiger partial charge in [-0.15, -0.1) is 0 Å². The standard InChI is InChI=1S/C24H29FN4O3S/c1-16-23(17-7-6-8-20(13-17)33(31,32)28(4)5)21-10-9-18(24(30)27(2)3)14-22(21)29(16)15-19(25)11-12-26/h6-11,13-14H,12,15,26H2,1-5H3/b19-11-. The fourth-order valence-corrected chi connectivity index (χ4v) is 4.75. The monoisotopic (exact) mass is 472 g/mol. The van der Waals surface area contributed by atoms with Crippen molar-refractivity contribution >= 4 is 26.8 Å². The lowest BCUT2D eigenvalue weighted by atomic mass is 10.0. The third-order valence-corrected chi connectivity index (χ3v) is 7.34. The molecule has 0 spiro atoms. The molecule has 0 radical (unpaired) electrons. The van der Waals surface area contributed by atoms with E-state index in [-0.39, 0.29) is 23.9 Å². The topological polar surface area (TPSA) is 88.6 Å². The Bertz CT molecular complexity index is 1340. The van der Waals surface area contributed by atoms with Gasteiger partial charge in [-0.3, -0.25) is 4.79 Å². The van der Waals surface area contributed by atoms with Crippen LogP contribution in [0, 0.1) is 6.92 Å². The van der Waals surface area contributed by atoms with Gasteiger partial charge in [0.15, 0.2) is 0 Å². The summed E-state index contributed by atoms with van der Waals surface area (Å²) in [7, 11) is 2.67. The molecule has 2 aromatic carbocycles. The Morgan fingerprint density at radius 2 is 1.82 bits per heavy atom. The second-order valence-corrected chi connectivity index (χ2v) is 10.3. The lowest BCUT2D eigenvalue weighted by Crippen LogP contribution is -2.22. The molecule has 176 valence electrons. The lowest BCUT2D eigenvalue weighted by Gasteiger charge is -2.13. The van der Waals surface area contributed by atoms with Crippen LogP contribution in [0.2, 0.25) is 0 Å². The van der Waals surface area contributed by atoms with Crippen molar-refractivity contribution in [2.45, 2.75) is 18.4 Å². The maximum Gasteiger partial charge on any atom is 0.253 e. The molecule has 0 unspecified atom stereocenters. The van der Waals surface area contributed by atoms with Crippen LogP contribution in [-0.2, 0) is 16.6 Å². The molecule has 0 saturated carbocycles. The van der Waals surface area contributed by atoms with E-state index < -0.39 is 15.9 Å². The molecule has 33 heavy (non-hydrogen) atoms. The molecule has 0 fully saturated rings. The molecule has 0 bridgehead atoms. The third-order valence-electron chi connectivity index (χ3n) is 5.53. The van der Waals surface area contributed by atoms with Gasteiger partial charge >= 0.3 is 0 Å². The molecular weight excluding hydrogens is 443 g/mol. The predicted molar refractivity (Wildman–Crippen MR) is 129 cm³/mol. The largest absolute Gasteiger partial charge is 0.345 e. The number of hydrogen-bond acceptors (Lipinski definition) is 4. The Labute approximate surface area is 193 Å². The van der Waals surface area contributed by atoms with Crippen LogP contribution in [0.3, 0.4) is 0 Å². The minimum atomic E-state index is -3.63. The number of amides is 1. The lowest BCUT2D eigenvalue weighted by molar-refractivity contribution is 0.0827. The normalized spacial score (nSPS) is 12.5. The summed E-state index contributed by atoms with van der Waals surface area (Å²) in [6, 6.07) is 12.0. The highest BCUT2D eigenvalue weighted by atomic mass is 32.2. The summed E-state index contributed by atoms with van der Waals surface area (Å²) in [5, 5.41) is 0.794. The van der Waals surface area contributed by atoms with Crippen molar-refractivity contribution in [3.05, 3.63) is 65.6 Å².